The fraction of sp³-hybridized carbons (Fsp3) is 0.812. The van der Waals surface area contributed by atoms with Crippen molar-refractivity contribution in [1.82, 2.24) is 21.3 Å². The van der Waals surface area contributed by atoms with Crippen LogP contribution in [0, 0.1) is 5.92 Å². The second kappa shape index (κ2) is 11.5. The van der Waals surface area contributed by atoms with Gasteiger partial charge < -0.3 is 26.0 Å². The van der Waals surface area contributed by atoms with Crippen LogP contribution in [0.5, 0.6) is 0 Å². The predicted octanol–water partition coefficient (Wildman–Crippen LogP) is 0.838. The van der Waals surface area contributed by atoms with Crippen molar-refractivity contribution >= 4 is 18.0 Å². The molecule has 0 atom stereocenters. The van der Waals surface area contributed by atoms with E-state index in [1.807, 2.05) is 34.6 Å². The van der Waals surface area contributed by atoms with Crippen molar-refractivity contribution in [2.24, 2.45) is 10.9 Å². The molecule has 0 spiro atoms. The van der Waals surface area contributed by atoms with Gasteiger partial charge in [0, 0.05) is 39.1 Å². The molecule has 0 aliphatic heterocycles. The lowest BCUT2D eigenvalue weighted by Gasteiger charge is -2.19. The molecule has 0 fully saturated rings. The Kier molecular flexibility index (Phi) is 10.6. The number of alkyl carbamates (subject to hydrolysis) is 1. The highest BCUT2D eigenvalue weighted by Crippen LogP contribution is 2.06. The van der Waals surface area contributed by atoms with Gasteiger partial charge in [0.15, 0.2) is 5.96 Å². The van der Waals surface area contributed by atoms with Crippen LogP contribution < -0.4 is 21.3 Å². The summed E-state index contributed by atoms with van der Waals surface area (Å²) in [5.74, 6) is 0.680. The maximum Gasteiger partial charge on any atom is 0.407 e. The summed E-state index contributed by atoms with van der Waals surface area (Å²) in [4.78, 5) is 27.0. The predicted molar refractivity (Wildman–Crippen MR) is 96.1 cm³/mol. The molecule has 0 radical (unpaired) electrons. The molecule has 0 unspecified atom stereocenters. The van der Waals surface area contributed by atoms with Crippen molar-refractivity contribution in [1.29, 1.82) is 0 Å². The Hall–Kier alpha value is -1.99. The van der Waals surface area contributed by atoms with E-state index in [0.29, 0.717) is 32.1 Å². The third-order valence-electron chi connectivity index (χ3n) is 2.78. The minimum absolute atomic E-state index is 0.0140. The molecule has 0 heterocycles. The molecule has 0 aliphatic carbocycles. The van der Waals surface area contributed by atoms with E-state index < -0.39 is 11.7 Å². The number of ether oxygens (including phenoxy) is 1. The summed E-state index contributed by atoms with van der Waals surface area (Å²) in [6, 6.07) is 0. The van der Waals surface area contributed by atoms with Gasteiger partial charge in [0.2, 0.25) is 5.91 Å². The van der Waals surface area contributed by atoms with Crippen molar-refractivity contribution < 1.29 is 14.3 Å². The van der Waals surface area contributed by atoms with E-state index >= 15 is 0 Å². The molecule has 0 aromatic carbocycles. The van der Waals surface area contributed by atoms with Gasteiger partial charge in [0.05, 0.1) is 0 Å². The Morgan fingerprint density at radius 3 is 2.04 bits per heavy atom. The van der Waals surface area contributed by atoms with Crippen molar-refractivity contribution in [3.05, 3.63) is 0 Å². The molecular weight excluding hydrogens is 310 g/mol. The van der Waals surface area contributed by atoms with Crippen molar-refractivity contribution in [2.45, 2.75) is 46.6 Å². The van der Waals surface area contributed by atoms with Gasteiger partial charge in [-0.3, -0.25) is 9.79 Å². The summed E-state index contributed by atoms with van der Waals surface area (Å²) < 4.78 is 5.15. The van der Waals surface area contributed by atoms with Crippen LogP contribution in [0.15, 0.2) is 4.99 Å². The number of nitrogens with zero attached hydrogens (tertiary/aromatic N) is 1. The van der Waals surface area contributed by atoms with E-state index in [0.717, 1.165) is 6.42 Å². The van der Waals surface area contributed by atoms with Crippen molar-refractivity contribution in [2.75, 3.05) is 33.2 Å². The van der Waals surface area contributed by atoms with E-state index in [1.54, 1.807) is 7.05 Å². The zero-order valence-electron chi connectivity index (χ0n) is 15.8. The zero-order chi connectivity index (χ0) is 18.6. The molecule has 2 amide bonds. The number of guanidine groups is 1. The van der Waals surface area contributed by atoms with Gasteiger partial charge in [-0.15, -0.1) is 0 Å². The van der Waals surface area contributed by atoms with E-state index in [9.17, 15) is 9.59 Å². The maximum atomic E-state index is 11.5. The van der Waals surface area contributed by atoms with Crippen molar-refractivity contribution in [3.8, 4) is 0 Å². The van der Waals surface area contributed by atoms with Gasteiger partial charge in [-0.05, 0) is 27.2 Å². The average Bonchev–Trinajstić information content (AvgIpc) is 2.46. The Morgan fingerprint density at radius 2 is 1.50 bits per heavy atom. The SMILES string of the molecule is CN=C(NCCCNC(=O)OC(C)(C)C)NCCNC(=O)C(C)C. The first-order valence-electron chi connectivity index (χ1n) is 8.34. The quantitative estimate of drug-likeness (QED) is 0.297. The first kappa shape index (κ1) is 22.0. The summed E-state index contributed by atoms with van der Waals surface area (Å²) in [5.41, 5.74) is -0.487. The fourth-order valence-electron chi connectivity index (χ4n) is 1.59. The second-order valence-corrected chi connectivity index (χ2v) is 6.65. The van der Waals surface area contributed by atoms with Crippen LogP contribution in [0.2, 0.25) is 0 Å². The lowest BCUT2D eigenvalue weighted by atomic mass is 10.2. The highest BCUT2D eigenvalue weighted by atomic mass is 16.6. The molecule has 0 rings (SSSR count). The smallest absolute Gasteiger partial charge is 0.407 e. The van der Waals surface area contributed by atoms with Gasteiger partial charge in [0.1, 0.15) is 5.60 Å². The Bertz CT molecular complexity index is 416. The maximum absolute atomic E-state index is 11.5. The molecule has 0 aliphatic rings. The van der Waals surface area contributed by atoms with Crippen LogP contribution in [0.25, 0.3) is 0 Å². The topological polar surface area (TPSA) is 104 Å². The number of aliphatic imine (C=N–C) groups is 1. The first-order chi connectivity index (χ1) is 11.2. The number of nitrogens with one attached hydrogen (secondary N) is 4. The van der Waals surface area contributed by atoms with Crippen LogP contribution >= 0.6 is 0 Å². The lowest BCUT2D eigenvalue weighted by molar-refractivity contribution is -0.123. The van der Waals surface area contributed by atoms with Gasteiger partial charge in [-0.1, -0.05) is 13.8 Å². The van der Waals surface area contributed by atoms with Gasteiger partial charge in [-0.2, -0.15) is 0 Å². The van der Waals surface area contributed by atoms with E-state index in [-0.39, 0.29) is 11.8 Å². The molecule has 0 saturated heterocycles. The van der Waals surface area contributed by atoms with Gasteiger partial charge >= 0.3 is 6.09 Å². The van der Waals surface area contributed by atoms with Gasteiger partial charge in [-0.25, -0.2) is 4.79 Å². The minimum atomic E-state index is -0.487. The van der Waals surface area contributed by atoms with Crippen LogP contribution in [-0.2, 0) is 9.53 Å². The second-order valence-electron chi connectivity index (χ2n) is 6.65. The molecule has 0 saturated carbocycles. The molecule has 0 aromatic rings. The molecule has 24 heavy (non-hydrogen) atoms. The molecular formula is C16H33N5O3. The zero-order valence-corrected chi connectivity index (χ0v) is 15.8. The number of hydrogen-bond donors (Lipinski definition) is 4. The number of hydrogen-bond acceptors (Lipinski definition) is 4. The Balaban J connectivity index is 3.73. The molecule has 8 heteroatoms. The Labute approximate surface area is 145 Å². The Morgan fingerprint density at radius 1 is 0.958 bits per heavy atom. The third-order valence-corrected chi connectivity index (χ3v) is 2.78. The van der Waals surface area contributed by atoms with E-state index in [4.69, 9.17) is 4.74 Å². The lowest BCUT2D eigenvalue weighted by Crippen LogP contribution is -2.43. The largest absolute Gasteiger partial charge is 0.444 e. The summed E-state index contributed by atoms with van der Waals surface area (Å²) in [6.07, 6.45) is 0.329. The summed E-state index contributed by atoms with van der Waals surface area (Å²) in [6.45, 7) is 11.5. The van der Waals surface area contributed by atoms with E-state index in [2.05, 4.69) is 26.3 Å². The van der Waals surface area contributed by atoms with Crippen molar-refractivity contribution in [3.63, 3.8) is 0 Å². The van der Waals surface area contributed by atoms with E-state index in [1.165, 1.54) is 0 Å². The average molecular weight is 343 g/mol. The minimum Gasteiger partial charge on any atom is -0.444 e. The standard InChI is InChI=1S/C16H33N5O3/c1-12(2)13(22)18-10-11-20-14(17-6)19-8-7-9-21-15(23)24-16(3,4)5/h12H,7-11H2,1-6H3,(H,18,22)(H,21,23)(H2,17,19,20). The molecule has 8 nitrogen and oxygen atoms in total. The van der Waals surface area contributed by atoms with Crippen LogP contribution in [0.3, 0.4) is 0 Å². The highest BCUT2D eigenvalue weighted by molar-refractivity contribution is 5.80. The monoisotopic (exact) mass is 343 g/mol. The number of carbonyl (C=O) groups is 2. The molecule has 0 aromatic heterocycles. The third kappa shape index (κ3) is 12.5. The van der Waals surface area contributed by atoms with Crippen LogP contribution in [0.4, 0.5) is 4.79 Å². The highest BCUT2D eigenvalue weighted by Gasteiger charge is 2.15. The van der Waals surface area contributed by atoms with Crippen LogP contribution in [-0.4, -0.2) is 56.8 Å². The number of amides is 2. The molecule has 140 valence electrons. The number of rotatable bonds is 8. The molecule has 4 N–H and O–H groups in total. The normalized spacial score (nSPS) is 11.9. The fourth-order valence-corrected chi connectivity index (χ4v) is 1.59. The van der Waals surface area contributed by atoms with Gasteiger partial charge in [0.25, 0.3) is 0 Å². The summed E-state index contributed by atoms with van der Waals surface area (Å²) in [7, 11) is 1.68. The molecule has 0 bridgehead atoms. The summed E-state index contributed by atoms with van der Waals surface area (Å²) >= 11 is 0. The first-order valence-corrected chi connectivity index (χ1v) is 8.34. The van der Waals surface area contributed by atoms with Crippen LogP contribution in [0.1, 0.15) is 41.0 Å². The number of carbonyl (C=O) groups excluding carboxylic acids is 2. The summed E-state index contributed by atoms with van der Waals surface area (Å²) in [5, 5.41) is 11.8.